The van der Waals surface area contributed by atoms with E-state index in [0.717, 1.165) is 48.6 Å². The van der Waals surface area contributed by atoms with Gasteiger partial charge in [-0.1, -0.05) is 66.7 Å². The minimum atomic E-state index is -0.232. The van der Waals surface area contributed by atoms with Crippen molar-refractivity contribution < 1.29 is 4.39 Å². The van der Waals surface area contributed by atoms with Gasteiger partial charge in [0.2, 0.25) is 0 Å². The summed E-state index contributed by atoms with van der Waals surface area (Å²) in [6.07, 6.45) is 7.33. The van der Waals surface area contributed by atoms with Gasteiger partial charge in [-0.25, -0.2) is 9.07 Å². The van der Waals surface area contributed by atoms with Gasteiger partial charge in [0.1, 0.15) is 5.82 Å². The van der Waals surface area contributed by atoms with Gasteiger partial charge in [0.05, 0.1) is 17.6 Å². The van der Waals surface area contributed by atoms with Gasteiger partial charge in [0, 0.05) is 30.8 Å². The van der Waals surface area contributed by atoms with Crippen molar-refractivity contribution in [2.45, 2.75) is 13.0 Å². The molecule has 154 valence electrons. The Bertz CT molecular complexity index is 1190. The highest BCUT2D eigenvalue weighted by atomic mass is 19.1. The van der Waals surface area contributed by atoms with Gasteiger partial charge < -0.3 is 0 Å². The summed E-state index contributed by atoms with van der Waals surface area (Å²) in [6.45, 7) is 2.66. The number of nitrogens with zero attached hydrogens (tertiary/aromatic N) is 3. The molecular formula is C27H24FN3. The maximum absolute atomic E-state index is 14.8. The molecule has 3 nitrogen and oxygen atoms in total. The number of hydrogen-bond donors (Lipinski definition) is 0. The lowest BCUT2D eigenvalue weighted by Gasteiger charge is -2.23. The van der Waals surface area contributed by atoms with E-state index in [0.29, 0.717) is 5.56 Å². The molecule has 0 saturated heterocycles. The third-order valence-electron chi connectivity index (χ3n) is 5.73. The summed E-state index contributed by atoms with van der Waals surface area (Å²) >= 11 is 0. The van der Waals surface area contributed by atoms with Gasteiger partial charge >= 0.3 is 0 Å². The highest BCUT2D eigenvalue weighted by Crippen LogP contribution is 2.31. The van der Waals surface area contributed by atoms with Crippen LogP contribution < -0.4 is 0 Å². The van der Waals surface area contributed by atoms with Crippen LogP contribution in [0.1, 0.15) is 12.0 Å². The monoisotopic (exact) mass is 409 g/mol. The Labute approximate surface area is 182 Å². The predicted molar refractivity (Wildman–Crippen MR) is 123 cm³/mol. The van der Waals surface area contributed by atoms with Crippen LogP contribution in [0.25, 0.3) is 28.1 Å². The molecule has 2 heterocycles. The highest BCUT2D eigenvalue weighted by Gasteiger charge is 2.19. The van der Waals surface area contributed by atoms with Crippen LogP contribution in [-0.2, 0) is 6.54 Å². The van der Waals surface area contributed by atoms with Crippen LogP contribution in [0, 0.1) is 5.82 Å². The van der Waals surface area contributed by atoms with E-state index in [9.17, 15) is 4.39 Å². The number of aromatic nitrogens is 2. The Morgan fingerprint density at radius 3 is 2.29 bits per heavy atom. The van der Waals surface area contributed by atoms with E-state index in [1.807, 2.05) is 53.3 Å². The van der Waals surface area contributed by atoms with Crippen molar-refractivity contribution in [2.24, 2.45) is 0 Å². The standard InChI is InChI=1S/C27H24FN3/c28-26-12-6-5-11-25(26)27-23(20-30-17-7-2-8-18-30)19-29-31(27)24-15-13-22(14-16-24)21-9-3-1-4-10-21/h1-7,9-16,19H,8,17-18,20H2. The molecule has 1 aliphatic heterocycles. The van der Waals surface area contributed by atoms with E-state index >= 15 is 0 Å². The van der Waals surface area contributed by atoms with E-state index in [2.05, 4.69) is 46.4 Å². The fourth-order valence-electron chi connectivity index (χ4n) is 4.13. The lowest BCUT2D eigenvalue weighted by molar-refractivity contribution is 0.291. The summed E-state index contributed by atoms with van der Waals surface area (Å²) < 4.78 is 16.7. The average molecular weight is 410 g/mol. The molecule has 4 aromatic rings. The van der Waals surface area contributed by atoms with Crippen LogP contribution >= 0.6 is 0 Å². The number of hydrogen-bond acceptors (Lipinski definition) is 2. The molecule has 0 aliphatic carbocycles. The molecule has 3 aromatic carbocycles. The molecule has 1 aliphatic rings. The molecule has 0 N–H and O–H groups in total. The molecule has 5 rings (SSSR count). The highest BCUT2D eigenvalue weighted by molar-refractivity contribution is 5.68. The topological polar surface area (TPSA) is 21.1 Å². The molecule has 0 amide bonds. The minimum absolute atomic E-state index is 0.232. The average Bonchev–Trinajstić information content (AvgIpc) is 3.24. The van der Waals surface area contributed by atoms with Crippen LogP contribution in [0.15, 0.2) is 97.2 Å². The van der Waals surface area contributed by atoms with E-state index in [1.165, 1.54) is 11.6 Å². The van der Waals surface area contributed by atoms with Gasteiger partial charge in [-0.3, -0.25) is 4.90 Å². The molecule has 0 bridgehead atoms. The fourth-order valence-corrected chi connectivity index (χ4v) is 4.13. The van der Waals surface area contributed by atoms with Crippen LogP contribution in [-0.4, -0.2) is 27.8 Å². The molecule has 4 heteroatoms. The van der Waals surface area contributed by atoms with Crippen molar-refractivity contribution in [3.8, 4) is 28.1 Å². The second kappa shape index (κ2) is 8.70. The molecule has 0 atom stereocenters. The molecule has 0 unspecified atom stereocenters. The lowest BCUT2D eigenvalue weighted by Crippen LogP contribution is -2.26. The van der Waals surface area contributed by atoms with E-state index in [4.69, 9.17) is 0 Å². The molecular weight excluding hydrogens is 385 g/mol. The SMILES string of the molecule is Fc1ccccc1-c1c(CN2CC=CCC2)cnn1-c1ccc(-c2ccccc2)cc1. The van der Waals surface area contributed by atoms with E-state index in [-0.39, 0.29) is 5.82 Å². The quantitative estimate of drug-likeness (QED) is 0.371. The van der Waals surface area contributed by atoms with E-state index < -0.39 is 0 Å². The summed E-state index contributed by atoms with van der Waals surface area (Å²) in [5.74, 6) is -0.232. The number of benzene rings is 3. The number of halogens is 1. The van der Waals surface area contributed by atoms with Crippen LogP contribution in [0.2, 0.25) is 0 Å². The molecule has 1 aromatic heterocycles. The predicted octanol–water partition coefficient (Wildman–Crippen LogP) is 6.11. The molecule has 0 spiro atoms. The fraction of sp³-hybridized carbons (Fsp3) is 0.148. The zero-order chi connectivity index (χ0) is 21.0. The normalized spacial score (nSPS) is 14.1. The van der Waals surface area contributed by atoms with Crippen LogP contribution in [0.3, 0.4) is 0 Å². The van der Waals surface area contributed by atoms with Crippen molar-refractivity contribution in [3.63, 3.8) is 0 Å². The summed E-state index contributed by atoms with van der Waals surface area (Å²) in [6, 6.07) is 25.5. The Balaban J connectivity index is 1.55. The first-order chi connectivity index (χ1) is 15.3. The van der Waals surface area contributed by atoms with Crippen molar-refractivity contribution in [2.75, 3.05) is 13.1 Å². The summed E-state index contributed by atoms with van der Waals surface area (Å²) in [5, 5.41) is 4.68. The van der Waals surface area contributed by atoms with Crippen LogP contribution in [0.5, 0.6) is 0 Å². The second-order valence-corrected chi connectivity index (χ2v) is 7.82. The first kappa shape index (κ1) is 19.5. The Hall–Kier alpha value is -3.50. The number of rotatable bonds is 5. The molecule has 0 fully saturated rings. The van der Waals surface area contributed by atoms with Crippen molar-refractivity contribution in [3.05, 3.63) is 109 Å². The lowest BCUT2D eigenvalue weighted by atomic mass is 10.0. The second-order valence-electron chi connectivity index (χ2n) is 7.82. The smallest absolute Gasteiger partial charge is 0.132 e. The minimum Gasteiger partial charge on any atom is -0.295 e. The summed E-state index contributed by atoms with van der Waals surface area (Å²) in [5.41, 5.74) is 5.66. The summed E-state index contributed by atoms with van der Waals surface area (Å²) in [7, 11) is 0. The molecule has 0 saturated carbocycles. The van der Waals surface area contributed by atoms with Gasteiger partial charge in [0.25, 0.3) is 0 Å². The Morgan fingerprint density at radius 1 is 0.806 bits per heavy atom. The first-order valence-electron chi connectivity index (χ1n) is 10.6. The maximum atomic E-state index is 14.8. The summed E-state index contributed by atoms with van der Waals surface area (Å²) in [4.78, 5) is 2.37. The Kier molecular flexibility index (Phi) is 5.46. The van der Waals surface area contributed by atoms with Crippen molar-refractivity contribution in [1.29, 1.82) is 0 Å². The van der Waals surface area contributed by atoms with Crippen molar-refractivity contribution in [1.82, 2.24) is 14.7 Å². The third kappa shape index (κ3) is 4.07. The van der Waals surface area contributed by atoms with E-state index in [1.54, 1.807) is 6.07 Å². The third-order valence-corrected chi connectivity index (χ3v) is 5.73. The van der Waals surface area contributed by atoms with Crippen molar-refractivity contribution >= 4 is 0 Å². The first-order valence-corrected chi connectivity index (χ1v) is 10.6. The largest absolute Gasteiger partial charge is 0.295 e. The van der Waals surface area contributed by atoms with Crippen LogP contribution in [0.4, 0.5) is 4.39 Å². The molecule has 31 heavy (non-hydrogen) atoms. The van der Waals surface area contributed by atoms with Gasteiger partial charge in [-0.15, -0.1) is 0 Å². The zero-order valence-corrected chi connectivity index (χ0v) is 17.3. The zero-order valence-electron chi connectivity index (χ0n) is 17.3. The Morgan fingerprint density at radius 2 is 1.55 bits per heavy atom. The van der Waals surface area contributed by atoms with Gasteiger partial charge in [-0.2, -0.15) is 5.10 Å². The van der Waals surface area contributed by atoms with Gasteiger partial charge in [0.15, 0.2) is 0 Å². The van der Waals surface area contributed by atoms with Gasteiger partial charge in [-0.05, 0) is 41.8 Å². The molecule has 0 radical (unpaired) electrons. The maximum Gasteiger partial charge on any atom is 0.132 e.